The zero-order valence-corrected chi connectivity index (χ0v) is 16.2. The van der Waals surface area contributed by atoms with Crippen molar-refractivity contribution in [2.24, 2.45) is 0 Å². The van der Waals surface area contributed by atoms with Crippen LogP contribution < -0.4 is 9.47 Å². The topological polar surface area (TPSA) is 55.8 Å². The van der Waals surface area contributed by atoms with Crippen LogP contribution in [-0.2, 0) is 10.0 Å². The fourth-order valence-corrected chi connectivity index (χ4v) is 4.37. The molecule has 0 aliphatic carbocycles. The lowest BCUT2D eigenvalue weighted by atomic mass is 10.1. The third-order valence-electron chi connectivity index (χ3n) is 4.01. The molecule has 0 fully saturated rings. The van der Waals surface area contributed by atoms with E-state index in [-0.39, 0.29) is 13.2 Å². The number of sulfonamides is 1. The van der Waals surface area contributed by atoms with Crippen LogP contribution in [0.15, 0.2) is 41.3 Å². The molecule has 136 valence electrons. The highest BCUT2D eigenvalue weighted by Crippen LogP contribution is 2.24. The van der Waals surface area contributed by atoms with Crippen LogP contribution in [0, 0.1) is 20.8 Å². The number of likely N-dealkylation sites (N-methyl/N-ethyl adjacent to an activating group) is 1. The summed E-state index contributed by atoms with van der Waals surface area (Å²) in [4.78, 5) is 0.380. The normalized spacial score (nSPS) is 11.6. The summed E-state index contributed by atoms with van der Waals surface area (Å²) >= 11 is 0. The Labute approximate surface area is 150 Å². The van der Waals surface area contributed by atoms with Crippen LogP contribution in [0.1, 0.15) is 16.7 Å². The molecule has 25 heavy (non-hydrogen) atoms. The van der Waals surface area contributed by atoms with E-state index < -0.39 is 10.0 Å². The largest absolute Gasteiger partial charge is 0.497 e. The molecule has 0 spiro atoms. The van der Waals surface area contributed by atoms with Gasteiger partial charge < -0.3 is 9.47 Å². The smallest absolute Gasteiger partial charge is 0.243 e. The van der Waals surface area contributed by atoms with Crippen LogP contribution in [0.5, 0.6) is 11.5 Å². The summed E-state index contributed by atoms with van der Waals surface area (Å²) in [5, 5.41) is 0. The first-order valence-corrected chi connectivity index (χ1v) is 9.50. The average molecular weight is 363 g/mol. The minimum Gasteiger partial charge on any atom is -0.497 e. The molecule has 5 nitrogen and oxygen atoms in total. The molecule has 0 unspecified atom stereocenters. The number of ether oxygens (including phenoxy) is 2. The van der Waals surface area contributed by atoms with Gasteiger partial charge in [0.1, 0.15) is 18.1 Å². The van der Waals surface area contributed by atoms with E-state index in [1.54, 1.807) is 38.4 Å². The monoisotopic (exact) mass is 363 g/mol. The first kappa shape index (κ1) is 19.3. The van der Waals surface area contributed by atoms with Crippen molar-refractivity contribution in [2.75, 3.05) is 27.3 Å². The highest BCUT2D eigenvalue weighted by atomic mass is 32.2. The standard InChI is InChI=1S/C19H25NO4S/c1-14-12-15(2)19(16(3)13-14)25(21,22)20(4)10-11-24-18-8-6-17(23-5)7-9-18/h6-9,12-13H,10-11H2,1-5H3. The van der Waals surface area contributed by atoms with Crippen molar-refractivity contribution in [3.8, 4) is 11.5 Å². The quantitative estimate of drug-likeness (QED) is 0.757. The Morgan fingerprint density at radius 1 is 0.960 bits per heavy atom. The minimum atomic E-state index is -3.55. The number of methoxy groups -OCH3 is 1. The van der Waals surface area contributed by atoms with Crippen molar-refractivity contribution in [1.29, 1.82) is 0 Å². The van der Waals surface area contributed by atoms with Gasteiger partial charge in [-0.15, -0.1) is 0 Å². The van der Waals surface area contributed by atoms with Gasteiger partial charge in [-0.05, 0) is 56.2 Å². The lowest BCUT2D eigenvalue weighted by Crippen LogP contribution is -2.32. The van der Waals surface area contributed by atoms with E-state index in [4.69, 9.17) is 9.47 Å². The number of aryl methyl sites for hydroxylation is 3. The second kappa shape index (κ2) is 7.89. The van der Waals surface area contributed by atoms with Gasteiger partial charge in [-0.2, -0.15) is 4.31 Å². The summed E-state index contributed by atoms with van der Waals surface area (Å²) in [6, 6.07) is 11.0. The van der Waals surface area contributed by atoms with Crippen molar-refractivity contribution < 1.29 is 17.9 Å². The third-order valence-corrected chi connectivity index (χ3v) is 6.17. The number of benzene rings is 2. The first-order valence-electron chi connectivity index (χ1n) is 8.06. The highest BCUT2D eigenvalue weighted by Gasteiger charge is 2.24. The van der Waals surface area contributed by atoms with Crippen molar-refractivity contribution in [3.63, 3.8) is 0 Å². The molecule has 0 radical (unpaired) electrons. The van der Waals surface area contributed by atoms with Crippen molar-refractivity contribution in [2.45, 2.75) is 25.7 Å². The zero-order valence-electron chi connectivity index (χ0n) is 15.4. The molecule has 0 aliphatic heterocycles. The van der Waals surface area contributed by atoms with Gasteiger partial charge >= 0.3 is 0 Å². The van der Waals surface area contributed by atoms with Crippen molar-refractivity contribution in [3.05, 3.63) is 53.1 Å². The average Bonchev–Trinajstić information content (AvgIpc) is 2.54. The SMILES string of the molecule is COc1ccc(OCCN(C)S(=O)(=O)c2c(C)cc(C)cc2C)cc1. The maximum Gasteiger partial charge on any atom is 0.243 e. The molecule has 0 amide bonds. The summed E-state index contributed by atoms with van der Waals surface area (Å²) in [6.07, 6.45) is 0. The fourth-order valence-electron chi connectivity index (χ4n) is 2.81. The lowest BCUT2D eigenvalue weighted by Gasteiger charge is -2.20. The second-order valence-electron chi connectivity index (χ2n) is 6.08. The third kappa shape index (κ3) is 4.52. The van der Waals surface area contributed by atoms with Gasteiger partial charge in [0.05, 0.1) is 12.0 Å². The molecule has 0 heterocycles. The number of hydrogen-bond donors (Lipinski definition) is 0. The molecule has 0 saturated heterocycles. The van der Waals surface area contributed by atoms with E-state index in [2.05, 4.69) is 0 Å². The number of hydrogen-bond acceptors (Lipinski definition) is 4. The minimum absolute atomic E-state index is 0.265. The van der Waals surface area contributed by atoms with Gasteiger partial charge in [0.2, 0.25) is 10.0 Å². The summed E-state index contributed by atoms with van der Waals surface area (Å²) < 4.78 is 37.8. The zero-order chi connectivity index (χ0) is 18.6. The van der Waals surface area contributed by atoms with Crippen molar-refractivity contribution in [1.82, 2.24) is 4.31 Å². The number of nitrogens with zero attached hydrogens (tertiary/aromatic N) is 1. The molecule has 0 saturated carbocycles. The van der Waals surface area contributed by atoms with Crippen LogP contribution in [0.4, 0.5) is 0 Å². The Bertz CT molecular complexity index is 806. The van der Waals surface area contributed by atoms with E-state index in [0.717, 1.165) is 22.4 Å². The Balaban J connectivity index is 2.05. The van der Waals surface area contributed by atoms with Crippen LogP contribution in [0.25, 0.3) is 0 Å². The Hall–Kier alpha value is -2.05. The van der Waals surface area contributed by atoms with Crippen LogP contribution in [0.2, 0.25) is 0 Å². The van der Waals surface area contributed by atoms with Gasteiger partial charge in [0.25, 0.3) is 0 Å². The maximum absolute atomic E-state index is 12.9. The van der Waals surface area contributed by atoms with Crippen LogP contribution in [0.3, 0.4) is 0 Å². The molecule has 2 rings (SSSR count). The highest BCUT2D eigenvalue weighted by molar-refractivity contribution is 7.89. The van der Waals surface area contributed by atoms with Crippen molar-refractivity contribution >= 4 is 10.0 Å². The van der Waals surface area contributed by atoms with E-state index in [0.29, 0.717) is 10.6 Å². The van der Waals surface area contributed by atoms with E-state index in [1.165, 1.54) is 4.31 Å². The van der Waals surface area contributed by atoms with Gasteiger partial charge in [0.15, 0.2) is 0 Å². The molecule has 0 bridgehead atoms. The summed E-state index contributed by atoms with van der Waals surface area (Å²) in [5.74, 6) is 1.42. The van der Waals surface area contributed by atoms with Crippen LogP contribution in [-0.4, -0.2) is 40.0 Å². The molecule has 2 aromatic rings. The van der Waals surface area contributed by atoms with E-state index >= 15 is 0 Å². The molecular weight excluding hydrogens is 338 g/mol. The lowest BCUT2D eigenvalue weighted by molar-refractivity contribution is 0.286. The molecular formula is C19H25NO4S. The molecule has 2 aromatic carbocycles. The molecule has 0 aromatic heterocycles. The summed E-state index contributed by atoms with van der Waals surface area (Å²) in [5.41, 5.74) is 2.58. The predicted octanol–water partition coefficient (Wildman–Crippen LogP) is 3.32. The Morgan fingerprint density at radius 3 is 2.00 bits per heavy atom. The number of rotatable bonds is 7. The Morgan fingerprint density at radius 2 is 1.48 bits per heavy atom. The second-order valence-corrected chi connectivity index (χ2v) is 8.06. The van der Waals surface area contributed by atoms with Crippen LogP contribution >= 0.6 is 0 Å². The summed E-state index contributed by atoms with van der Waals surface area (Å²) in [7, 11) is -0.372. The van der Waals surface area contributed by atoms with Gasteiger partial charge in [-0.1, -0.05) is 17.7 Å². The Kier molecular flexibility index (Phi) is 6.08. The van der Waals surface area contributed by atoms with E-state index in [9.17, 15) is 8.42 Å². The molecule has 6 heteroatoms. The van der Waals surface area contributed by atoms with Gasteiger partial charge in [-0.25, -0.2) is 8.42 Å². The molecule has 0 N–H and O–H groups in total. The molecule has 0 atom stereocenters. The predicted molar refractivity (Wildman–Crippen MR) is 99.0 cm³/mol. The fraction of sp³-hybridized carbons (Fsp3) is 0.368. The molecule has 0 aliphatic rings. The summed E-state index contributed by atoms with van der Waals surface area (Å²) in [6.45, 7) is 6.15. The maximum atomic E-state index is 12.9. The van der Waals surface area contributed by atoms with Gasteiger partial charge in [0, 0.05) is 13.6 Å². The van der Waals surface area contributed by atoms with Gasteiger partial charge in [-0.3, -0.25) is 0 Å². The van der Waals surface area contributed by atoms with E-state index in [1.807, 2.05) is 32.9 Å². The first-order chi connectivity index (χ1) is 11.8.